The van der Waals surface area contributed by atoms with E-state index in [2.05, 4.69) is 26.0 Å². The first-order valence-corrected chi connectivity index (χ1v) is 7.72. The van der Waals surface area contributed by atoms with E-state index in [4.69, 9.17) is 11.6 Å². The van der Waals surface area contributed by atoms with Crippen LogP contribution >= 0.6 is 11.6 Å². The van der Waals surface area contributed by atoms with Crippen LogP contribution in [0.15, 0.2) is 24.3 Å². The number of nitrogens with zero attached hydrogens (tertiary/aromatic N) is 4. The van der Waals surface area contributed by atoms with Gasteiger partial charge in [-0.1, -0.05) is 11.6 Å². The fourth-order valence-electron chi connectivity index (χ4n) is 1.80. The lowest BCUT2D eigenvalue weighted by atomic mass is 10.1. The van der Waals surface area contributed by atoms with Gasteiger partial charge < -0.3 is 5.32 Å². The van der Waals surface area contributed by atoms with Crippen LogP contribution in [0.1, 0.15) is 33.7 Å². The van der Waals surface area contributed by atoms with E-state index in [-0.39, 0.29) is 0 Å². The molecule has 0 unspecified atom stereocenters. The predicted molar refractivity (Wildman–Crippen MR) is 89.4 cm³/mol. The van der Waals surface area contributed by atoms with E-state index in [9.17, 15) is 9.59 Å². The minimum Gasteiger partial charge on any atom is -0.333 e. The summed E-state index contributed by atoms with van der Waals surface area (Å²) in [7, 11) is 0. The molecule has 24 heavy (non-hydrogen) atoms. The number of hydrogen-bond acceptors (Lipinski definition) is 5. The maximum Gasteiger partial charge on any atom is 0.321 e. The number of benzene rings is 1. The largest absolute Gasteiger partial charge is 0.333 e. The van der Waals surface area contributed by atoms with Crippen molar-refractivity contribution in [3.8, 4) is 11.4 Å². The SMILES string of the molecule is C[C@H](C(=O)NC(=O)NC(C)(C)C)n1nnc(-c2ccc(Cl)cc2)n1. The molecule has 0 radical (unpaired) electrons. The molecule has 0 aliphatic heterocycles. The van der Waals surface area contributed by atoms with Crippen molar-refractivity contribution in [2.24, 2.45) is 0 Å². The monoisotopic (exact) mass is 350 g/mol. The van der Waals surface area contributed by atoms with Gasteiger partial charge in [-0.3, -0.25) is 10.1 Å². The topological polar surface area (TPSA) is 102 Å². The second kappa shape index (κ2) is 6.96. The summed E-state index contributed by atoms with van der Waals surface area (Å²) in [4.78, 5) is 25.0. The summed E-state index contributed by atoms with van der Waals surface area (Å²) < 4.78 is 0. The molecule has 128 valence electrons. The number of imide groups is 1. The molecule has 1 aromatic carbocycles. The van der Waals surface area contributed by atoms with E-state index in [1.807, 2.05) is 20.8 Å². The van der Waals surface area contributed by atoms with Crippen LogP contribution in [0.3, 0.4) is 0 Å². The fourth-order valence-corrected chi connectivity index (χ4v) is 1.92. The highest BCUT2D eigenvalue weighted by molar-refractivity contribution is 6.30. The van der Waals surface area contributed by atoms with E-state index in [1.54, 1.807) is 31.2 Å². The zero-order valence-electron chi connectivity index (χ0n) is 13.9. The Morgan fingerprint density at radius 1 is 1.21 bits per heavy atom. The molecular formula is C15H19ClN6O2. The molecule has 0 bridgehead atoms. The van der Waals surface area contributed by atoms with Crippen LogP contribution < -0.4 is 10.6 Å². The minimum absolute atomic E-state index is 0.366. The Labute approximate surface area is 144 Å². The Hall–Kier alpha value is -2.48. The first kappa shape index (κ1) is 17.9. The van der Waals surface area contributed by atoms with Crippen LogP contribution in [0.4, 0.5) is 4.79 Å². The average Bonchev–Trinajstić information content (AvgIpc) is 2.94. The summed E-state index contributed by atoms with van der Waals surface area (Å²) in [5.41, 5.74) is 0.282. The summed E-state index contributed by atoms with van der Waals surface area (Å²) >= 11 is 5.84. The third-order valence-corrected chi connectivity index (χ3v) is 3.23. The summed E-state index contributed by atoms with van der Waals surface area (Å²) in [6.07, 6.45) is 0. The highest BCUT2D eigenvalue weighted by atomic mass is 35.5. The molecule has 2 rings (SSSR count). The number of amides is 3. The molecule has 3 amide bonds. The molecule has 0 fully saturated rings. The molecule has 0 saturated heterocycles. The first-order valence-electron chi connectivity index (χ1n) is 7.34. The van der Waals surface area contributed by atoms with Crippen molar-refractivity contribution >= 4 is 23.5 Å². The van der Waals surface area contributed by atoms with E-state index in [0.29, 0.717) is 10.8 Å². The second-order valence-electron chi connectivity index (χ2n) is 6.31. The van der Waals surface area contributed by atoms with Gasteiger partial charge in [0.15, 0.2) is 0 Å². The van der Waals surface area contributed by atoms with Crippen molar-refractivity contribution in [3.05, 3.63) is 29.3 Å². The molecule has 1 heterocycles. The molecular weight excluding hydrogens is 332 g/mol. The van der Waals surface area contributed by atoms with Gasteiger partial charge in [-0.15, -0.1) is 10.2 Å². The normalized spacial score (nSPS) is 12.5. The van der Waals surface area contributed by atoms with E-state index in [0.717, 1.165) is 10.4 Å². The second-order valence-corrected chi connectivity index (χ2v) is 6.75. The van der Waals surface area contributed by atoms with E-state index >= 15 is 0 Å². The number of carbonyl (C=O) groups is 2. The molecule has 0 aliphatic carbocycles. The zero-order chi connectivity index (χ0) is 17.9. The quantitative estimate of drug-likeness (QED) is 0.883. The molecule has 2 aromatic rings. The molecule has 9 heteroatoms. The van der Waals surface area contributed by atoms with E-state index in [1.165, 1.54) is 0 Å². The maximum absolute atomic E-state index is 12.1. The van der Waals surface area contributed by atoms with Crippen LogP contribution in [0.2, 0.25) is 5.02 Å². The summed E-state index contributed by atoms with van der Waals surface area (Å²) in [6.45, 7) is 7.03. The third kappa shape index (κ3) is 4.76. The Morgan fingerprint density at radius 3 is 2.42 bits per heavy atom. The lowest BCUT2D eigenvalue weighted by Crippen LogP contribution is -2.49. The number of tetrazole rings is 1. The average molecular weight is 351 g/mol. The third-order valence-electron chi connectivity index (χ3n) is 2.98. The van der Waals surface area contributed by atoms with Gasteiger partial charge in [0.25, 0.3) is 5.91 Å². The van der Waals surface area contributed by atoms with Crippen molar-refractivity contribution < 1.29 is 9.59 Å². The van der Waals surface area contributed by atoms with Crippen molar-refractivity contribution in [1.29, 1.82) is 0 Å². The minimum atomic E-state index is -0.788. The number of hydrogen-bond donors (Lipinski definition) is 2. The summed E-state index contributed by atoms with van der Waals surface area (Å²) in [5.74, 6) is -0.165. The first-order chi connectivity index (χ1) is 11.2. The van der Waals surface area contributed by atoms with Crippen LogP contribution in [0.25, 0.3) is 11.4 Å². The highest BCUT2D eigenvalue weighted by Gasteiger charge is 2.22. The molecule has 8 nitrogen and oxygen atoms in total. The lowest BCUT2D eigenvalue weighted by molar-refractivity contribution is -0.123. The van der Waals surface area contributed by atoms with E-state index < -0.39 is 23.5 Å². The van der Waals surface area contributed by atoms with Gasteiger partial charge in [0, 0.05) is 16.1 Å². The number of aromatic nitrogens is 4. The Morgan fingerprint density at radius 2 is 1.83 bits per heavy atom. The molecule has 0 saturated carbocycles. The predicted octanol–water partition coefficient (Wildman–Crippen LogP) is 2.18. The van der Waals surface area contributed by atoms with Gasteiger partial charge in [-0.25, -0.2) is 4.79 Å². The Balaban J connectivity index is 2.05. The van der Waals surface area contributed by atoms with Crippen molar-refractivity contribution in [2.45, 2.75) is 39.3 Å². The zero-order valence-corrected chi connectivity index (χ0v) is 14.6. The van der Waals surface area contributed by atoms with Gasteiger partial charge in [0.05, 0.1) is 0 Å². The lowest BCUT2D eigenvalue weighted by Gasteiger charge is -2.20. The molecule has 2 N–H and O–H groups in total. The van der Waals surface area contributed by atoms with Gasteiger partial charge in [-0.2, -0.15) is 4.80 Å². The van der Waals surface area contributed by atoms with Crippen LogP contribution in [0.5, 0.6) is 0 Å². The summed E-state index contributed by atoms with van der Waals surface area (Å²) in [5, 5.41) is 17.5. The Kier molecular flexibility index (Phi) is 5.18. The van der Waals surface area contributed by atoms with Crippen LogP contribution in [-0.4, -0.2) is 37.7 Å². The van der Waals surface area contributed by atoms with Crippen molar-refractivity contribution in [3.63, 3.8) is 0 Å². The molecule has 1 aromatic heterocycles. The maximum atomic E-state index is 12.1. The summed E-state index contributed by atoms with van der Waals surface area (Å²) in [6, 6.07) is 5.58. The number of halogens is 1. The van der Waals surface area contributed by atoms with Gasteiger partial charge in [0.2, 0.25) is 5.82 Å². The number of carbonyl (C=O) groups excluding carboxylic acids is 2. The number of urea groups is 1. The standard InChI is InChI=1S/C15H19ClN6O2/c1-9(13(23)17-14(24)18-15(2,3)4)22-20-12(19-21-22)10-5-7-11(16)8-6-10/h5-9H,1-4H3,(H2,17,18,23,24)/t9-/m1/s1. The fraction of sp³-hybridized carbons (Fsp3) is 0.400. The number of nitrogens with one attached hydrogen (secondary N) is 2. The Bertz CT molecular complexity index is 735. The highest BCUT2D eigenvalue weighted by Crippen LogP contribution is 2.17. The molecule has 1 atom stereocenters. The number of rotatable bonds is 3. The van der Waals surface area contributed by atoms with Crippen molar-refractivity contribution in [2.75, 3.05) is 0 Å². The van der Waals surface area contributed by atoms with Crippen LogP contribution in [0, 0.1) is 0 Å². The van der Waals surface area contributed by atoms with Gasteiger partial charge in [0.1, 0.15) is 6.04 Å². The smallest absolute Gasteiger partial charge is 0.321 e. The van der Waals surface area contributed by atoms with Crippen LogP contribution in [-0.2, 0) is 4.79 Å². The van der Waals surface area contributed by atoms with Gasteiger partial charge >= 0.3 is 6.03 Å². The molecule has 0 aliphatic rings. The molecule has 0 spiro atoms. The van der Waals surface area contributed by atoms with Gasteiger partial charge in [-0.05, 0) is 57.2 Å². The van der Waals surface area contributed by atoms with Crippen molar-refractivity contribution in [1.82, 2.24) is 30.8 Å².